The van der Waals surface area contributed by atoms with Crippen molar-refractivity contribution in [2.45, 2.75) is 70.3 Å². The van der Waals surface area contributed by atoms with Gasteiger partial charge in [-0.3, -0.25) is 0 Å². The standard InChI is InChI=1S/C19H28ClNO4S/c1-19(2,3)26(22)21-17(5-6-18-24-7-4-8-25-18)15-10-14(20)9-13-11-23-12-16(13)15/h9-10,17-18,21H,4-8,11-12H2,1-3H3. The molecule has 1 aromatic carbocycles. The molecule has 146 valence electrons. The predicted molar refractivity (Wildman–Crippen MR) is 103 cm³/mol. The normalized spacial score (nSPS) is 20.8. The first-order valence-corrected chi connectivity index (χ1v) is 10.7. The molecule has 2 aliphatic heterocycles. The molecule has 2 unspecified atom stereocenters. The molecule has 2 atom stereocenters. The van der Waals surface area contributed by atoms with Crippen molar-refractivity contribution in [2.75, 3.05) is 13.2 Å². The second-order valence-electron chi connectivity index (χ2n) is 7.78. The van der Waals surface area contributed by atoms with Crippen LogP contribution < -0.4 is 4.72 Å². The Kier molecular flexibility index (Phi) is 6.88. The van der Waals surface area contributed by atoms with Gasteiger partial charge in [0, 0.05) is 22.8 Å². The van der Waals surface area contributed by atoms with Gasteiger partial charge in [0.15, 0.2) is 6.29 Å². The SMILES string of the molecule is CC(C)(C)[S+]([O-])NC(CCC1OCCCO1)c1cc(Cl)cc2c1COC2. The van der Waals surface area contributed by atoms with Crippen molar-refractivity contribution in [1.29, 1.82) is 0 Å². The number of nitrogens with one attached hydrogen (secondary N) is 1. The van der Waals surface area contributed by atoms with E-state index in [2.05, 4.69) is 4.72 Å². The Labute approximate surface area is 164 Å². The van der Waals surface area contributed by atoms with E-state index in [4.69, 9.17) is 25.8 Å². The van der Waals surface area contributed by atoms with Crippen molar-refractivity contribution in [3.05, 3.63) is 33.8 Å². The van der Waals surface area contributed by atoms with Gasteiger partial charge in [-0.25, -0.2) is 0 Å². The number of fused-ring (bicyclic) bond motifs is 1. The zero-order valence-electron chi connectivity index (χ0n) is 15.7. The minimum Gasteiger partial charge on any atom is -0.598 e. The minimum atomic E-state index is -1.19. The van der Waals surface area contributed by atoms with E-state index in [9.17, 15) is 4.55 Å². The van der Waals surface area contributed by atoms with Crippen LogP contribution in [0.1, 0.15) is 62.8 Å². The van der Waals surface area contributed by atoms with E-state index in [1.807, 2.05) is 32.9 Å². The molecule has 1 aromatic rings. The summed E-state index contributed by atoms with van der Waals surface area (Å²) in [5.41, 5.74) is 3.34. The lowest BCUT2D eigenvalue weighted by Gasteiger charge is -2.30. The predicted octanol–water partition coefficient (Wildman–Crippen LogP) is 4.01. The molecule has 0 radical (unpaired) electrons. The fourth-order valence-corrected chi connectivity index (χ4v) is 4.29. The van der Waals surface area contributed by atoms with E-state index >= 15 is 0 Å². The molecule has 1 saturated heterocycles. The molecule has 0 spiro atoms. The summed E-state index contributed by atoms with van der Waals surface area (Å²) < 4.78 is 32.7. The van der Waals surface area contributed by atoms with Crippen LogP contribution in [0.5, 0.6) is 0 Å². The first-order valence-electron chi connectivity index (χ1n) is 9.15. The molecule has 5 nitrogen and oxygen atoms in total. The largest absolute Gasteiger partial charge is 0.598 e. The van der Waals surface area contributed by atoms with Crippen molar-refractivity contribution in [1.82, 2.24) is 4.72 Å². The van der Waals surface area contributed by atoms with E-state index in [1.54, 1.807) is 0 Å². The Balaban J connectivity index is 1.80. The van der Waals surface area contributed by atoms with Crippen LogP contribution in [-0.2, 0) is 38.8 Å². The van der Waals surface area contributed by atoms with E-state index in [0.717, 1.165) is 49.2 Å². The van der Waals surface area contributed by atoms with Crippen LogP contribution in [0.25, 0.3) is 0 Å². The van der Waals surface area contributed by atoms with Crippen LogP contribution in [0, 0.1) is 0 Å². The molecule has 0 amide bonds. The maximum atomic E-state index is 12.8. The summed E-state index contributed by atoms with van der Waals surface area (Å²) in [6.07, 6.45) is 2.23. The summed E-state index contributed by atoms with van der Waals surface area (Å²) in [5.74, 6) is 0. The second kappa shape index (κ2) is 8.78. The minimum absolute atomic E-state index is 0.0988. The highest BCUT2D eigenvalue weighted by atomic mass is 35.5. The Morgan fingerprint density at radius 1 is 1.27 bits per heavy atom. The maximum absolute atomic E-state index is 12.8. The Morgan fingerprint density at radius 3 is 2.69 bits per heavy atom. The summed E-state index contributed by atoms with van der Waals surface area (Å²) in [6.45, 7) is 8.50. The Hall–Kier alpha value is -0.340. The lowest BCUT2D eigenvalue weighted by Crippen LogP contribution is -2.42. The smallest absolute Gasteiger partial charge is 0.157 e. The maximum Gasteiger partial charge on any atom is 0.157 e. The van der Waals surface area contributed by atoms with Crippen molar-refractivity contribution in [3.8, 4) is 0 Å². The lowest BCUT2D eigenvalue weighted by atomic mass is 9.95. The lowest BCUT2D eigenvalue weighted by molar-refractivity contribution is -0.182. The molecule has 7 heteroatoms. The third-order valence-corrected chi connectivity index (χ3v) is 6.44. The van der Waals surface area contributed by atoms with Gasteiger partial charge in [0.1, 0.15) is 4.75 Å². The van der Waals surface area contributed by atoms with Gasteiger partial charge in [-0.2, -0.15) is 0 Å². The van der Waals surface area contributed by atoms with Gasteiger partial charge in [-0.15, -0.1) is 4.72 Å². The number of halogens is 1. The monoisotopic (exact) mass is 401 g/mol. The molecule has 2 aliphatic rings. The van der Waals surface area contributed by atoms with E-state index in [-0.39, 0.29) is 17.1 Å². The summed E-state index contributed by atoms with van der Waals surface area (Å²) in [5, 5.41) is 0.683. The molecule has 0 saturated carbocycles. The van der Waals surface area contributed by atoms with Crippen molar-refractivity contribution >= 4 is 23.0 Å². The van der Waals surface area contributed by atoms with Gasteiger partial charge in [0.2, 0.25) is 0 Å². The van der Waals surface area contributed by atoms with Crippen molar-refractivity contribution in [2.24, 2.45) is 0 Å². The second-order valence-corrected chi connectivity index (χ2v) is 10.2. The van der Waals surface area contributed by atoms with Crippen molar-refractivity contribution in [3.63, 3.8) is 0 Å². The highest BCUT2D eigenvalue weighted by molar-refractivity contribution is 7.90. The quantitative estimate of drug-likeness (QED) is 0.730. The van der Waals surface area contributed by atoms with Crippen LogP contribution in [0.3, 0.4) is 0 Å². The molecular weight excluding hydrogens is 374 g/mol. The van der Waals surface area contributed by atoms with Gasteiger partial charge < -0.3 is 18.8 Å². The molecule has 2 heterocycles. The summed E-state index contributed by atoms with van der Waals surface area (Å²) >= 11 is 5.15. The molecule has 1 fully saturated rings. The van der Waals surface area contributed by atoms with Crippen molar-refractivity contribution < 1.29 is 18.8 Å². The zero-order valence-corrected chi connectivity index (χ0v) is 17.3. The average Bonchev–Trinajstić information content (AvgIpc) is 3.06. The molecular formula is C19H28ClNO4S. The highest BCUT2D eigenvalue weighted by Gasteiger charge is 2.32. The van der Waals surface area contributed by atoms with Gasteiger partial charge in [-0.05, 0) is 62.4 Å². The van der Waals surface area contributed by atoms with Crippen LogP contribution >= 0.6 is 11.6 Å². The number of ether oxygens (including phenoxy) is 3. The molecule has 0 aromatic heterocycles. The van der Waals surface area contributed by atoms with Crippen LogP contribution in [-0.4, -0.2) is 28.8 Å². The fraction of sp³-hybridized carbons (Fsp3) is 0.684. The zero-order chi connectivity index (χ0) is 18.7. The Bertz CT molecular complexity index is 616. The average molecular weight is 402 g/mol. The number of hydrogen-bond donors (Lipinski definition) is 1. The van der Waals surface area contributed by atoms with Crippen LogP contribution in [0.15, 0.2) is 12.1 Å². The first kappa shape index (κ1) is 20.4. The molecule has 0 bridgehead atoms. The molecule has 0 aliphatic carbocycles. The van der Waals surface area contributed by atoms with Gasteiger partial charge in [-0.1, -0.05) is 11.6 Å². The summed E-state index contributed by atoms with van der Waals surface area (Å²) in [4.78, 5) is 0. The summed E-state index contributed by atoms with van der Waals surface area (Å²) in [7, 11) is 0. The number of benzene rings is 1. The van der Waals surface area contributed by atoms with Crippen LogP contribution in [0.2, 0.25) is 5.02 Å². The molecule has 1 N–H and O–H groups in total. The Morgan fingerprint density at radius 2 is 2.00 bits per heavy atom. The third-order valence-electron chi connectivity index (χ3n) is 4.61. The number of hydrogen-bond acceptors (Lipinski definition) is 5. The summed E-state index contributed by atoms with van der Waals surface area (Å²) in [6, 6.07) is 3.83. The van der Waals surface area contributed by atoms with E-state index in [1.165, 1.54) is 0 Å². The topological polar surface area (TPSA) is 62.8 Å². The first-order chi connectivity index (χ1) is 12.3. The fourth-order valence-electron chi connectivity index (χ4n) is 3.18. The van der Waals surface area contributed by atoms with Gasteiger partial charge in [0.05, 0.1) is 32.5 Å². The third kappa shape index (κ3) is 5.13. The highest BCUT2D eigenvalue weighted by Crippen LogP contribution is 2.34. The van der Waals surface area contributed by atoms with E-state index in [0.29, 0.717) is 18.2 Å². The molecule has 26 heavy (non-hydrogen) atoms. The molecule has 3 rings (SSSR count). The van der Waals surface area contributed by atoms with Crippen LogP contribution in [0.4, 0.5) is 0 Å². The van der Waals surface area contributed by atoms with Gasteiger partial charge >= 0.3 is 0 Å². The van der Waals surface area contributed by atoms with Gasteiger partial charge in [0.25, 0.3) is 0 Å². The van der Waals surface area contributed by atoms with E-state index < -0.39 is 11.4 Å². The number of rotatable bonds is 6.